The maximum atomic E-state index is 9.63. The molecule has 82 valence electrons. The molecule has 1 aromatic carbocycles. The first-order chi connectivity index (χ1) is 6.97. The highest BCUT2D eigenvalue weighted by Crippen LogP contribution is 2.22. The van der Waals surface area contributed by atoms with Crippen LogP contribution in [-0.4, -0.2) is 17.9 Å². The van der Waals surface area contributed by atoms with Gasteiger partial charge >= 0.3 is 0 Å². The average Bonchev–Trinajstić information content (AvgIpc) is 2.16. The number of aryl methyl sites for hydroxylation is 2. The predicted octanol–water partition coefficient (Wildman–Crippen LogP) is 2.80. The lowest BCUT2D eigenvalue weighted by Crippen LogP contribution is -2.03. The molecule has 0 aliphatic carbocycles. The zero-order valence-corrected chi connectivity index (χ0v) is 10.1. The Kier molecular flexibility index (Phi) is 3.64. The summed E-state index contributed by atoms with van der Waals surface area (Å²) in [6, 6.07) is 4.14. The van der Waals surface area contributed by atoms with Gasteiger partial charge in [0, 0.05) is 12.8 Å². The molecule has 1 N–H and O–H groups in total. The van der Waals surface area contributed by atoms with Gasteiger partial charge in [-0.15, -0.1) is 0 Å². The number of aliphatic hydroxyl groups excluding tert-OH is 1. The highest BCUT2D eigenvalue weighted by Gasteiger charge is 2.09. The van der Waals surface area contributed by atoms with Crippen molar-refractivity contribution >= 4 is 5.71 Å². The van der Waals surface area contributed by atoms with Crippen LogP contribution in [0.4, 0.5) is 0 Å². The summed E-state index contributed by atoms with van der Waals surface area (Å²) < 4.78 is 0. The third kappa shape index (κ3) is 2.45. The molecule has 0 saturated heterocycles. The Bertz CT molecular complexity index is 392. The minimum Gasteiger partial charge on any atom is -0.389 e. The van der Waals surface area contributed by atoms with Gasteiger partial charge in [0.25, 0.3) is 0 Å². The van der Waals surface area contributed by atoms with Gasteiger partial charge in [-0.3, -0.25) is 4.99 Å². The van der Waals surface area contributed by atoms with E-state index in [0.717, 1.165) is 22.4 Å². The molecule has 0 heterocycles. The fourth-order valence-electron chi connectivity index (χ4n) is 1.83. The lowest BCUT2D eigenvalue weighted by atomic mass is 9.95. The maximum absolute atomic E-state index is 9.63. The van der Waals surface area contributed by atoms with Crippen LogP contribution in [-0.2, 0) is 0 Å². The van der Waals surface area contributed by atoms with Crippen LogP contribution in [0.15, 0.2) is 17.1 Å². The van der Waals surface area contributed by atoms with Crippen LogP contribution < -0.4 is 0 Å². The van der Waals surface area contributed by atoms with E-state index >= 15 is 0 Å². The van der Waals surface area contributed by atoms with Crippen molar-refractivity contribution in [3.8, 4) is 0 Å². The van der Waals surface area contributed by atoms with Crippen LogP contribution in [0, 0.1) is 13.8 Å². The quantitative estimate of drug-likeness (QED) is 0.740. The van der Waals surface area contributed by atoms with Gasteiger partial charge in [0.1, 0.15) is 0 Å². The van der Waals surface area contributed by atoms with Crippen molar-refractivity contribution in [2.24, 2.45) is 4.99 Å². The Morgan fingerprint density at radius 2 is 1.87 bits per heavy atom. The van der Waals surface area contributed by atoms with Gasteiger partial charge in [-0.05, 0) is 56.0 Å². The molecule has 0 radical (unpaired) electrons. The van der Waals surface area contributed by atoms with E-state index in [4.69, 9.17) is 0 Å². The fraction of sp³-hybridized carbons (Fsp3) is 0.462. The van der Waals surface area contributed by atoms with Crippen LogP contribution in [0.2, 0.25) is 0 Å². The second kappa shape index (κ2) is 4.58. The van der Waals surface area contributed by atoms with E-state index in [1.54, 1.807) is 14.0 Å². The summed E-state index contributed by atoms with van der Waals surface area (Å²) in [4.78, 5) is 4.18. The monoisotopic (exact) mass is 205 g/mol. The minimum absolute atomic E-state index is 0.422. The van der Waals surface area contributed by atoms with Gasteiger partial charge in [-0.1, -0.05) is 6.07 Å². The van der Waals surface area contributed by atoms with E-state index in [1.807, 2.05) is 19.9 Å². The zero-order chi connectivity index (χ0) is 11.6. The van der Waals surface area contributed by atoms with Crippen molar-refractivity contribution in [1.29, 1.82) is 0 Å². The number of aliphatic imine (C=N–C) groups is 1. The number of benzene rings is 1. The molecule has 0 bridgehead atoms. The van der Waals surface area contributed by atoms with E-state index in [1.165, 1.54) is 5.56 Å². The van der Waals surface area contributed by atoms with Gasteiger partial charge in [-0.2, -0.15) is 0 Å². The van der Waals surface area contributed by atoms with Crippen molar-refractivity contribution in [1.82, 2.24) is 0 Å². The summed E-state index contributed by atoms with van der Waals surface area (Å²) in [5.74, 6) is 0. The van der Waals surface area contributed by atoms with Crippen molar-refractivity contribution in [3.05, 3.63) is 34.4 Å². The average molecular weight is 205 g/mol. The van der Waals surface area contributed by atoms with Crippen molar-refractivity contribution in [2.75, 3.05) is 7.05 Å². The first-order valence-electron chi connectivity index (χ1n) is 5.20. The van der Waals surface area contributed by atoms with Crippen LogP contribution in [0.25, 0.3) is 0 Å². The minimum atomic E-state index is -0.422. The lowest BCUT2D eigenvalue weighted by molar-refractivity contribution is 0.198. The molecule has 0 spiro atoms. The SMILES string of the molecule is C/N=C(\C)c1cc(C(C)O)c(C)cc1C. The van der Waals surface area contributed by atoms with Gasteiger partial charge in [0.15, 0.2) is 0 Å². The van der Waals surface area contributed by atoms with E-state index in [-0.39, 0.29) is 0 Å². The molecule has 0 fully saturated rings. The number of rotatable bonds is 2. The number of aliphatic hydroxyl groups is 1. The van der Waals surface area contributed by atoms with Gasteiger partial charge in [0.05, 0.1) is 6.10 Å². The molecule has 1 rings (SSSR count). The summed E-state index contributed by atoms with van der Waals surface area (Å²) >= 11 is 0. The molecule has 1 unspecified atom stereocenters. The Hall–Kier alpha value is -1.15. The van der Waals surface area contributed by atoms with Crippen molar-refractivity contribution < 1.29 is 5.11 Å². The number of hydrogen-bond donors (Lipinski definition) is 1. The van der Waals surface area contributed by atoms with Gasteiger partial charge in [0.2, 0.25) is 0 Å². The third-order valence-corrected chi connectivity index (χ3v) is 2.79. The summed E-state index contributed by atoms with van der Waals surface area (Å²) in [6.45, 7) is 7.88. The van der Waals surface area contributed by atoms with Crippen LogP contribution in [0.1, 0.15) is 42.2 Å². The van der Waals surface area contributed by atoms with Crippen LogP contribution in [0.5, 0.6) is 0 Å². The zero-order valence-electron chi connectivity index (χ0n) is 10.1. The second-order valence-corrected chi connectivity index (χ2v) is 4.01. The molecule has 1 atom stereocenters. The molecular weight excluding hydrogens is 186 g/mol. The Morgan fingerprint density at radius 3 is 2.33 bits per heavy atom. The molecule has 1 aromatic rings. The van der Waals surface area contributed by atoms with Crippen molar-refractivity contribution in [3.63, 3.8) is 0 Å². The smallest absolute Gasteiger partial charge is 0.0764 e. The number of hydrogen-bond acceptors (Lipinski definition) is 2. The topological polar surface area (TPSA) is 32.6 Å². The molecule has 0 aliphatic heterocycles. The van der Waals surface area contributed by atoms with E-state index in [0.29, 0.717) is 0 Å². The van der Waals surface area contributed by atoms with Crippen LogP contribution >= 0.6 is 0 Å². The van der Waals surface area contributed by atoms with E-state index < -0.39 is 6.10 Å². The summed E-state index contributed by atoms with van der Waals surface area (Å²) in [7, 11) is 1.79. The summed E-state index contributed by atoms with van der Waals surface area (Å²) in [5.41, 5.74) is 5.46. The highest BCUT2D eigenvalue weighted by molar-refractivity contribution is 6.00. The Labute approximate surface area is 91.7 Å². The molecule has 0 aromatic heterocycles. The van der Waals surface area contributed by atoms with Gasteiger partial charge in [-0.25, -0.2) is 0 Å². The Morgan fingerprint density at radius 1 is 1.27 bits per heavy atom. The first kappa shape index (κ1) is 11.9. The molecule has 0 aliphatic rings. The fourth-order valence-corrected chi connectivity index (χ4v) is 1.83. The molecule has 15 heavy (non-hydrogen) atoms. The summed E-state index contributed by atoms with van der Waals surface area (Å²) in [5, 5.41) is 9.63. The summed E-state index contributed by atoms with van der Waals surface area (Å²) in [6.07, 6.45) is -0.422. The van der Waals surface area contributed by atoms with E-state index in [9.17, 15) is 5.11 Å². The standard InChI is InChI=1S/C13H19NO/c1-8-6-9(2)13(11(4)15)7-12(8)10(3)14-5/h6-7,11,15H,1-5H3/b14-10+. The normalized spacial score (nSPS) is 14.1. The number of nitrogens with zero attached hydrogens (tertiary/aromatic N) is 1. The lowest BCUT2D eigenvalue weighted by Gasteiger charge is -2.14. The third-order valence-electron chi connectivity index (χ3n) is 2.79. The Balaban J connectivity index is 3.36. The molecule has 2 nitrogen and oxygen atoms in total. The molecule has 2 heteroatoms. The molecule has 0 saturated carbocycles. The first-order valence-corrected chi connectivity index (χ1v) is 5.20. The van der Waals surface area contributed by atoms with E-state index in [2.05, 4.69) is 18.0 Å². The highest BCUT2D eigenvalue weighted by atomic mass is 16.3. The maximum Gasteiger partial charge on any atom is 0.0764 e. The van der Waals surface area contributed by atoms with Gasteiger partial charge < -0.3 is 5.11 Å². The van der Waals surface area contributed by atoms with Crippen molar-refractivity contribution in [2.45, 2.75) is 33.8 Å². The van der Waals surface area contributed by atoms with Crippen LogP contribution in [0.3, 0.4) is 0 Å². The largest absolute Gasteiger partial charge is 0.389 e. The molecular formula is C13H19NO. The molecule has 0 amide bonds. The predicted molar refractivity (Wildman–Crippen MR) is 64.7 cm³/mol. The second-order valence-electron chi connectivity index (χ2n) is 4.01.